The number of urea groups is 1. The summed E-state index contributed by atoms with van der Waals surface area (Å²) in [6.45, 7) is 6.33. The number of imide groups is 1. The average molecular weight is 337 g/mol. The van der Waals surface area contributed by atoms with Gasteiger partial charge in [0, 0.05) is 6.54 Å². The molecule has 3 amide bonds. The Hall–Kier alpha value is -2.01. The molecule has 1 heterocycles. The van der Waals surface area contributed by atoms with Gasteiger partial charge in [-0.25, -0.2) is 4.79 Å². The molecule has 1 N–H and O–H groups in total. The summed E-state index contributed by atoms with van der Waals surface area (Å²) >= 11 is 6.22. The van der Waals surface area contributed by atoms with Gasteiger partial charge < -0.3 is 10.1 Å². The number of amides is 3. The van der Waals surface area contributed by atoms with Crippen LogP contribution in [-0.2, 0) is 4.79 Å². The van der Waals surface area contributed by atoms with Gasteiger partial charge in [0.05, 0.1) is 11.1 Å². The van der Waals surface area contributed by atoms with E-state index in [4.69, 9.17) is 16.3 Å². The maximum absolute atomic E-state index is 12.2. The molecule has 6 heteroatoms. The fourth-order valence-corrected chi connectivity index (χ4v) is 2.40. The van der Waals surface area contributed by atoms with Crippen LogP contribution in [0.1, 0.15) is 39.2 Å². The molecular formula is C17H21ClN2O3. The molecule has 0 bridgehead atoms. The zero-order valence-electron chi connectivity index (χ0n) is 13.6. The summed E-state index contributed by atoms with van der Waals surface area (Å²) in [6.07, 6.45) is 3.31. The van der Waals surface area contributed by atoms with Crippen molar-refractivity contribution in [2.75, 3.05) is 6.54 Å². The molecular weight excluding hydrogens is 316 g/mol. The SMILES string of the molecule is CCCN1C(=O)N/C(=C/c2ccc(O[C@H](C)CC)c(Cl)c2)C1=O. The summed E-state index contributed by atoms with van der Waals surface area (Å²) in [5.41, 5.74) is 0.989. The average Bonchev–Trinajstić information content (AvgIpc) is 2.78. The Balaban J connectivity index is 2.19. The smallest absolute Gasteiger partial charge is 0.329 e. The summed E-state index contributed by atoms with van der Waals surface area (Å²) in [7, 11) is 0. The summed E-state index contributed by atoms with van der Waals surface area (Å²) in [5.74, 6) is 0.297. The molecule has 1 aliphatic rings. The molecule has 1 aliphatic heterocycles. The van der Waals surface area contributed by atoms with Crippen LogP contribution in [0.15, 0.2) is 23.9 Å². The standard InChI is InChI=1S/C17H21ClN2O3/c1-4-8-20-16(21)14(19-17(20)22)10-12-6-7-15(13(18)9-12)23-11(3)5-2/h6-7,9-11H,4-5,8H2,1-3H3,(H,19,22)/b14-10+/t11-/m1/s1. The summed E-state index contributed by atoms with van der Waals surface area (Å²) < 4.78 is 5.71. The monoisotopic (exact) mass is 336 g/mol. The van der Waals surface area contributed by atoms with Gasteiger partial charge in [-0.3, -0.25) is 9.69 Å². The first-order chi connectivity index (χ1) is 11.0. The molecule has 0 unspecified atom stereocenters. The van der Waals surface area contributed by atoms with Crippen LogP contribution in [-0.4, -0.2) is 29.5 Å². The van der Waals surface area contributed by atoms with Gasteiger partial charge in [0.2, 0.25) is 0 Å². The van der Waals surface area contributed by atoms with Crippen molar-refractivity contribution in [3.8, 4) is 5.75 Å². The highest BCUT2D eigenvalue weighted by atomic mass is 35.5. The van der Waals surface area contributed by atoms with Crippen molar-refractivity contribution in [3.63, 3.8) is 0 Å². The molecule has 1 saturated heterocycles. The third-order valence-corrected chi connectivity index (χ3v) is 3.87. The van der Waals surface area contributed by atoms with Gasteiger partial charge in [-0.1, -0.05) is 31.5 Å². The highest BCUT2D eigenvalue weighted by molar-refractivity contribution is 6.32. The number of halogens is 1. The Morgan fingerprint density at radius 2 is 2.09 bits per heavy atom. The quantitative estimate of drug-likeness (QED) is 0.634. The van der Waals surface area contributed by atoms with Crippen molar-refractivity contribution in [1.82, 2.24) is 10.2 Å². The molecule has 124 valence electrons. The number of benzene rings is 1. The number of hydrogen-bond donors (Lipinski definition) is 1. The van der Waals surface area contributed by atoms with Gasteiger partial charge in [-0.2, -0.15) is 0 Å². The van der Waals surface area contributed by atoms with Crippen molar-refractivity contribution in [2.24, 2.45) is 0 Å². The Kier molecular flexibility index (Phi) is 5.66. The molecule has 23 heavy (non-hydrogen) atoms. The summed E-state index contributed by atoms with van der Waals surface area (Å²) in [4.78, 5) is 25.1. The van der Waals surface area contributed by atoms with E-state index in [2.05, 4.69) is 5.32 Å². The second kappa shape index (κ2) is 7.51. The molecule has 1 fully saturated rings. The van der Waals surface area contributed by atoms with Crippen molar-refractivity contribution in [1.29, 1.82) is 0 Å². The number of hydrogen-bond acceptors (Lipinski definition) is 3. The number of rotatable bonds is 6. The largest absolute Gasteiger partial charge is 0.489 e. The van der Waals surface area contributed by atoms with Crippen molar-refractivity contribution < 1.29 is 14.3 Å². The van der Waals surface area contributed by atoms with Gasteiger partial charge in [0.25, 0.3) is 5.91 Å². The van der Waals surface area contributed by atoms with E-state index in [-0.39, 0.29) is 23.7 Å². The molecule has 0 aliphatic carbocycles. The topological polar surface area (TPSA) is 58.6 Å². The first-order valence-electron chi connectivity index (χ1n) is 7.77. The van der Waals surface area contributed by atoms with E-state index in [1.807, 2.05) is 20.8 Å². The minimum atomic E-state index is -0.383. The van der Waals surface area contributed by atoms with E-state index in [1.165, 1.54) is 4.90 Å². The van der Waals surface area contributed by atoms with Gasteiger partial charge in [-0.15, -0.1) is 0 Å². The molecule has 0 radical (unpaired) electrons. The molecule has 2 rings (SSSR count). The van der Waals surface area contributed by atoms with Crippen LogP contribution in [0.5, 0.6) is 5.75 Å². The predicted molar refractivity (Wildman–Crippen MR) is 90.3 cm³/mol. The maximum atomic E-state index is 12.2. The number of ether oxygens (including phenoxy) is 1. The number of nitrogens with one attached hydrogen (secondary N) is 1. The van der Waals surface area contributed by atoms with Crippen molar-refractivity contribution in [3.05, 3.63) is 34.5 Å². The third-order valence-electron chi connectivity index (χ3n) is 3.58. The normalized spacial score (nSPS) is 17.6. The molecule has 0 saturated carbocycles. The lowest BCUT2D eigenvalue weighted by atomic mass is 10.1. The highest BCUT2D eigenvalue weighted by Crippen LogP contribution is 2.28. The minimum absolute atomic E-state index is 0.0787. The minimum Gasteiger partial charge on any atom is -0.489 e. The number of nitrogens with zero attached hydrogens (tertiary/aromatic N) is 1. The van der Waals surface area contributed by atoms with E-state index in [0.29, 0.717) is 17.3 Å². The zero-order chi connectivity index (χ0) is 17.0. The van der Waals surface area contributed by atoms with E-state index in [1.54, 1.807) is 24.3 Å². The van der Waals surface area contributed by atoms with Crippen LogP contribution in [0.25, 0.3) is 6.08 Å². The Bertz CT molecular complexity index is 643. The lowest BCUT2D eigenvalue weighted by Gasteiger charge is -2.14. The third kappa shape index (κ3) is 4.05. The van der Waals surface area contributed by atoms with Crippen molar-refractivity contribution in [2.45, 2.75) is 39.7 Å². The Labute approximate surface area is 141 Å². The lowest BCUT2D eigenvalue weighted by Crippen LogP contribution is -2.31. The summed E-state index contributed by atoms with van der Waals surface area (Å²) in [5, 5.41) is 3.06. The van der Waals surface area contributed by atoms with Crippen LogP contribution >= 0.6 is 11.6 Å². The lowest BCUT2D eigenvalue weighted by molar-refractivity contribution is -0.122. The van der Waals surface area contributed by atoms with Gasteiger partial charge in [0.15, 0.2) is 0 Å². The first kappa shape index (κ1) is 17.3. The molecule has 0 aromatic heterocycles. The zero-order valence-corrected chi connectivity index (χ0v) is 14.3. The van der Waals surface area contributed by atoms with Crippen LogP contribution in [0.4, 0.5) is 4.79 Å². The van der Waals surface area contributed by atoms with Crippen LogP contribution in [0.2, 0.25) is 5.02 Å². The second-order valence-corrected chi connectivity index (χ2v) is 5.88. The van der Waals surface area contributed by atoms with E-state index in [0.717, 1.165) is 18.4 Å². The van der Waals surface area contributed by atoms with Crippen LogP contribution < -0.4 is 10.1 Å². The van der Waals surface area contributed by atoms with Crippen LogP contribution in [0.3, 0.4) is 0 Å². The van der Waals surface area contributed by atoms with Gasteiger partial charge in [0.1, 0.15) is 11.4 Å². The molecule has 1 aromatic rings. The number of carbonyl (C=O) groups is 2. The van der Waals surface area contributed by atoms with E-state index >= 15 is 0 Å². The Morgan fingerprint density at radius 3 is 2.70 bits per heavy atom. The van der Waals surface area contributed by atoms with Gasteiger partial charge >= 0.3 is 6.03 Å². The van der Waals surface area contributed by atoms with Gasteiger partial charge in [-0.05, 0) is 43.5 Å². The second-order valence-electron chi connectivity index (χ2n) is 5.47. The fraction of sp³-hybridized carbons (Fsp3) is 0.412. The van der Waals surface area contributed by atoms with E-state index < -0.39 is 0 Å². The summed E-state index contributed by atoms with van der Waals surface area (Å²) in [6, 6.07) is 4.91. The molecule has 5 nitrogen and oxygen atoms in total. The Morgan fingerprint density at radius 1 is 1.35 bits per heavy atom. The fourth-order valence-electron chi connectivity index (χ4n) is 2.17. The molecule has 1 aromatic carbocycles. The molecule has 1 atom stereocenters. The number of carbonyl (C=O) groups excluding carboxylic acids is 2. The maximum Gasteiger partial charge on any atom is 0.329 e. The van der Waals surface area contributed by atoms with Crippen molar-refractivity contribution >= 4 is 29.6 Å². The van der Waals surface area contributed by atoms with E-state index in [9.17, 15) is 9.59 Å². The van der Waals surface area contributed by atoms with Crippen LogP contribution in [0, 0.1) is 0 Å². The molecule has 0 spiro atoms. The highest BCUT2D eigenvalue weighted by Gasteiger charge is 2.32. The first-order valence-corrected chi connectivity index (χ1v) is 8.14. The predicted octanol–water partition coefficient (Wildman–Crippen LogP) is 3.82.